The van der Waals surface area contributed by atoms with E-state index in [2.05, 4.69) is 22.5 Å². The van der Waals surface area contributed by atoms with Crippen molar-refractivity contribution in [2.45, 2.75) is 12.8 Å². The van der Waals surface area contributed by atoms with Crippen molar-refractivity contribution >= 4 is 27.5 Å². The number of ether oxygens (including phenoxy) is 2. The molecule has 0 aromatic heterocycles. The molecule has 0 atom stereocenters. The quantitative estimate of drug-likeness (QED) is 0.718. The minimum Gasteiger partial charge on any atom is -0.490 e. The van der Waals surface area contributed by atoms with Crippen LogP contribution in [-0.2, 0) is 6.42 Å². The molecule has 0 spiro atoms. The highest BCUT2D eigenvalue weighted by atomic mass is 79.9. The summed E-state index contributed by atoms with van der Waals surface area (Å²) >= 11 is 3.40. The van der Waals surface area contributed by atoms with Gasteiger partial charge in [0, 0.05) is 34.3 Å². The zero-order valence-electron chi connectivity index (χ0n) is 13.8. The van der Waals surface area contributed by atoms with Gasteiger partial charge in [-0.2, -0.15) is 0 Å². The fourth-order valence-corrected chi connectivity index (χ4v) is 3.48. The highest BCUT2D eigenvalue weighted by Crippen LogP contribution is 2.38. The second-order valence-corrected chi connectivity index (χ2v) is 7.08. The van der Waals surface area contributed by atoms with E-state index in [0.29, 0.717) is 31.0 Å². The monoisotopic (exact) mass is 399 g/mol. The minimum atomic E-state index is -0.0322. The molecule has 2 aromatic carbocycles. The highest BCUT2D eigenvalue weighted by Gasteiger charge is 2.27. The van der Waals surface area contributed by atoms with Gasteiger partial charge in [-0.3, -0.25) is 4.79 Å². The predicted molar refractivity (Wildman–Crippen MR) is 100.0 cm³/mol. The van der Waals surface area contributed by atoms with Gasteiger partial charge < -0.3 is 14.4 Å². The van der Waals surface area contributed by atoms with Crippen molar-refractivity contribution in [2.75, 3.05) is 19.8 Å². The number of rotatable bonds is 1. The van der Waals surface area contributed by atoms with Crippen LogP contribution >= 0.6 is 15.9 Å². The summed E-state index contributed by atoms with van der Waals surface area (Å²) in [6.07, 6.45) is 1.64. The molecule has 4 nitrogen and oxygen atoms in total. The summed E-state index contributed by atoms with van der Waals surface area (Å²) in [5.41, 5.74) is 3.47. The lowest BCUT2D eigenvalue weighted by atomic mass is 9.95. The molecule has 2 aliphatic heterocycles. The van der Waals surface area contributed by atoms with Gasteiger partial charge in [-0.1, -0.05) is 22.5 Å². The maximum absolute atomic E-state index is 12.9. The van der Waals surface area contributed by atoms with Crippen molar-refractivity contribution in [3.05, 3.63) is 64.1 Å². The van der Waals surface area contributed by atoms with Gasteiger partial charge in [0.25, 0.3) is 5.91 Å². The minimum absolute atomic E-state index is 0.0322. The van der Waals surface area contributed by atoms with E-state index in [1.807, 2.05) is 36.4 Å². The van der Waals surface area contributed by atoms with Gasteiger partial charge in [-0.25, -0.2) is 0 Å². The van der Waals surface area contributed by atoms with Crippen LogP contribution in [-0.4, -0.2) is 30.6 Å². The van der Waals surface area contributed by atoms with E-state index in [1.165, 1.54) is 0 Å². The van der Waals surface area contributed by atoms with Crippen molar-refractivity contribution in [3.8, 4) is 11.5 Å². The largest absolute Gasteiger partial charge is 0.490 e. The number of amides is 1. The number of benzene rings is 2. The lowest BCUT2D eigenvalue weighted by Crippen LogP contribution is -2.34. The molecular weight excluding hydrogens is 382 g/mol. The number of fused-ring (bicyclic) bond motifs is 2. The third-order valence-electron chi connectivity index (χ3n) is 4.55. The van der Waals surface area contributed by atoms with Gasteiger partial charge in [0.15, 0.2) is 11.5 Å². The molecule has 0 radical (unpaired) electrons. The van der Waals surface area contributed by atoms with E-state index >= 15 is 0 Å². The molecular formula is C20H18BrNO3. The molecule has 25 heavy (non-hydrogen) atoms. The molecule has 0 unspecified atom stereocenters. The maximum Gasteiger partial charge on any atom is 0.258 e. The van der Waals surface area contributed by atoms with E-state index in [9.17, 15) is 4.79 Å². The van der Waals surface area contributed by atoms with Crippen LogP contribution < -0.4 is 9.47 Å². The molecule has 0 aliphatic carbocycles. The highest BCUT2D eigenvalue weighted by molar-refractivity contribution is 9.10. The molecule has 0 fully saturated rings. The van der Waals surface area contributed by atoms with Gasteiger partial charge in [-0.05, 0) is 48.4 Å². The number of carbonyl (C=O) groups is 1. The van der Waals surface area contributed by atoms with Crippen molar-refractivity contribution in [1.82, 2.24) is 4.90 Å². The van der Waals surface area contributed by atoms with Gasteiger partial charge >= 0.3 is 0 Å². The second-order valence-electron chi connectivity index (χ2n) is 6.17. The zero-order chi connectivity index (χ0) is 17.4. The summed E-state index contributed by atoms with van der Waals surface area (Å²) in [7, 11) is 0. The van der Waals surface area contributed by atoms with Crippen LogP contribution in [0.3, 0.4) is 0 Å². The van der Waals surface area contributed by atoms with Crippen LogP contribution in [0.5, 0.6) is 11.5 Å². The molecule has 2 aliphatic rings. The summed E-state index contributed by atoms with van der Waals surface area (Å²) in [4.78, 5) is 14.6. The van der Waals surface area contributed by atoms with Crippen molar-refractivity contribution in [1.29, 1.82) is 0 Å². The van der Waals surface area contributed by atoms with Gasteiger partial charge in [0.1, 0.15) is 0 Å². The molecule has 0 saturated carbocycles. The number of halogens is 1. The SMILES string of the molecule is C=C1c2cc3c(cc2CCN1C(=O)c1ccc(Br)cc1)OCCCO3. The first-order chi connectivity index (χ1) is 12.1. The normalized spacial score (nSPS) is 16.2. The van der Waals surface area contributed by atoms with Gasteiger partial charge in [0.2, 0.25) is 0 Å². The summed E-state index contributed by atoms with van der Waals surface area (Å²) in [6, 6.07) is 11.4. The Bertz CT molecular complexity index is 845. The Morgan fingerprint density at radius 1 is 1.08 bits per heavy atom. The first-order valence-electron chi connectivity index (χ1n) is 8.33. The Hall–Kier alpha value is -2.27. The molecule has 0 N–H and O–H groups in total. The Labute approximate surface area is 155 Å². The van der Waals surface area contributed by atoms with Crippen LogP contribution in [0, 0.1) is 0 Å². The predicted octanol–water partition coefficient (Wildman–Crippen LogP) is 4.28. The Balaban J connectivity index is 1.65. The smallest absolute Gasteiger partial charge is 0.258 e. The number of carbonyl (C=O) groups excluding carboxylic acids is 1. The molecule has 5 heteroatoms. The van der Waals surface area contributed by atoms with Crippen LogP contribution in [0.4, 0.5) is 0 Å². The summed E-state index contributed by atoms with van der Waals surface area (Å²) in [6.45, 7) is 6.09. The Kier molecular flexibility index (Phi) is 4.25. The number of hydrogen-bond acceptors (Lipinski definition) is 3. The summed E-state index contributed by atoms with van der Waals surface area (Å²) in [5, 5.41) is 0. The fraction of sp³-hybridized carbons (Fsp3) is 0.250. The zero-order valence-corrected chi connectivity index (χ0v) is 15.3. The molecule has 0 saturated heterocycles. The van der Waals surface area contributed by atoms with Crippen molar-refractivity contribution in [3.63, 3.8) is 0 Å². The standard InChI is InChI=1S/C20H18BrNO3/c1-13-17-12-19-18(24-9-2-10-25-19)11-15(17)7-8-22(13)20(23)14-3-5-16(21)6-4-14/h3-6,11-12H,1-2,7-10H2. The first kappa shape index (κ1) is 16.2. The third kappa shape index (κ3) is 3.04. The second kappa shape index (κ2) is 6.56. The molecule has 0 bridgehead atoms. The molecule has 1 amide bonds. The fourth-order valence-electron chi connectivity index (χ4n) is 3.21. The Morgan fingerprint density at radius 3 is 2.48 bits per heavy atom. The van der Waals surface area contributed by atoms with E-state index in [-0.39, 0.29) is 5.91 Å². The van der Waals surface area contributed by atoms with Crippen molar-refractivity contribution in [2.24, 2.45) is 0 Å². The maximum atomic E-state index is 12.9. The van der Waals surface area contributed by atoms with Crippen LogP contribution in [0.1, 0.15) is 27.9 Å². The number of hydrogen-bond donors (Lipinski definition) is 0. The topological polar surface area (TPSA) is 38.8 Å². The molecule has 2 heterocycles. The van der Waals surface area contributed by atoms with E-state index in [1.54, 1.807) is 4.90 Å². The summed E-state index contributed by atoms with van der Waals surface area (Å²) in [5.74, 6) is 1.49. The average molecular weight is 400 g/mol. The van der Waals surface area contributed by atoms with E-state index < -0.39 is 0 Å². The van der Waals surface area contributed by atoms with E-state index in [0.717, 1.165) is 39.9 Å². The van der Waals surface area contributed by atoms with Crippen LogP contribution in [0.15, 0.2) is 47.4 Å². The van der Waals surface area contributed by atoms with Crippen LogP contribution in [0.2, 0.25) is 0 Å². The lowest BCUT2D eigenvalue weighted by molar-refractivity contribution is 0.0833. The van der Waals surface area contributed by atoms with Crippen LogP contribution in [0.25, 0.3) is 5.70 Å². The molecule has 2 aromatic rings. The third-order valence-corrected chi connectivity index (χ3v) is 5.08. The van der Waals surface area contributed by atoms with E-state index in [4.69, 9.17) is 9.47 Å². The van der Waals surface area contributed by atoms with Gasteiger partial charge in [0.05, 0.1) is 13.2 Å². The van der Waals surface area contributed by atoms with Crippen molar-refractivity contribution < 1.29 is 14.3 Å². The number of nitrogens with zero attached hydrogens (tertiary/aromatic N) is 1. The first-order valence-corrected chi connectivity index (χ1v) is 9.12. The lowest BCUT2D eigenvalue weighted by Gasteiger charge is -2.31. The molecule has 4 rings (SSSR count). The average Bonchev–Trinajstić information content (AvgIpc) is 2.85. The van der Waals surface area contributed by atoms with Gasteiger partial charge in [-0.15, -0.1) is 0 Å². The Morgan fingerprint density at radius 2 is 1.76 bits per heavy atom. The summed E-state index contributed by atoms with van der Waals surface area (Å²) < 4.78 is 12.5. The molecule has 128 valence electrons.